The molecule has 1 aromatic rings. The number of sulfone groups is 1. The number of hydrogen-bond acceptors (Lipinski definition) is 5. The topological polar surface area (TPSA) is 102 Å². The molecule has 0 bridgehead atoms. The van der Waals surface area contributed by atoms with Crippen LogP contribution < -0.4 is 15.6 Å². The van der Waals surface area contributed by atoms with Crippen molar-refractivity contribution in [1.82, 2.24) is 10.9 Å². The van der Waals surface area contributed by atoms with Crippen LogP contribution in [0.1, 0.15) is 25.3 Å². The largest absolute Gasteiger partial charge is 0.484 e. The van der Waals surface area contributed by atoms with Gasteiger partial charge in [-0.1, -0.05) is 19.1 Å². The molecule has 24 heavy (non-hydrogen) atoms. The molecule has 7 nitrogen and oxygen atoms in total. The number of hydrazine groups is 1. The molecule has 1 heterocycles. The van der Waals surface area contributed by atoms with E-state index in [1.54, 1.807) is 12.1 Å². The summed E-state index contributed by atoms with van der Waals surface area (Å²) in [5.74, 6) is -0.336. The van der Waals surface area contributed by atoms with Crippen LogP contribution in [-0.2, 0) is 25.8 Å². The molecule has 0 aromatic heterocycles. The maximum Gasteiger partial charge on any atom is 0.276 e. The van der Waals surface area contributed by atoms with Gasteiger partial charge in [0.15, 0.2) is 16.4 Å². The van der Waals surface area contributed by atoms with Gasteiger partial charge in [-0.05, 0) is 36.5 Å². The normalized spacial score (nSPS) is 18.8. The minimum absolute atomic E-state index is 0.0330. The third-order valence-corrected chi connectivity index (χ3v) is 5.68. The van der Waals surface area contributed by atoms with Crippen molar-refractivity contribution in [2.45, 2.75) is 26.2 Å². The molecule has 1 aromatic carbocycles. The summed E-state index contributed by atoms with van der Waals surface area (Å²) in [5.41, 5.74) is 5.71. The second-order valence-corrected chi connectivity index (χ2v) is 8.08. The zero-order chi connectivity index (χ0) is 17.6. The first-order chi connectivity index (χ1) is 11.4. The Balaban J connectivity index is 1.66. The SMILES string of the molecule is CCc1ccc(OCC(=O)NNC(=O)C[C@@H]2CCS(=O)(=O)C2)cc1. The zero-order valence-electron chi connectivity index (χ0n) is 13.6. The van der Waals surface area contributed by atoms with Crippen LogP contribution >= 0.6 is 0 Å². The molecule has 1 aliphatic rings. The number of carbonyl (C=O) groups excluding carboxylic acids is 2. The predicted molar refractivity (Wildman–Crippen MR) is 89.0 cm³/mol. The Morgan fingerprint density at radius 2 is 1.83 bits per heavy atom. The monoisotopic (exact) mass is 354 g/mol. The second-order valence-electron chi connectivity index (χ2n) is 5.86. The quantitative estimate of drug-likeness (QED) is 0.729. The Morgan fingerprint density at radius 3 is 2.42 bits per heavy atom. The zero-order valence-corrected chi connectivity index (χ0v) is 14.4. The van der Waals surface area contributed by atoms with Crippen LogP contribution in [0.25, 0.3) is 0 Å². The number of amides is 2. The van der Waals surface area contributed by atoms with E-state index in [1.807, 2.05) is 19.1 Å². The minimum Gasteiger partial charge on any atom is -0.484 e. The van der Waals surface area contributed by atoms with E-state index in [1.165, 1.54) is 5.56 Å². The molecule has 2 amide bonds. The fraction of sp³-hybridized carbons (Fsp3) is 0.500. The van der Waals surface area contributed by atoms with Crippen molar-refractivity contribution in [3.8, 4) is 5.75 Å². The van der Waals surface area contributed by atoms with Gasteiger partial charge < -0.3 is 4.74 Å². The lowest BCUT2D eigenvalue weighted by Gasteiger charge is -2.11. The number of hydrogen-bond donors (Lipinski definition) is 2. The van der Waals surface area contributed by atoms with E-state index >= 15 is 0 Å². The Morgan fingerprint density at radius 1 is 1.17 bits per heavy atom. The molecule has 8 heteroatoms. The van der Waals surface area contributed by atoms with Crippen LogP contribution in [0.5, 0.6) is 5.75 Å². The van der Waals surface area contributed by atoms with Gasteiger partial charge in [0.1, 0.15) is 5.75 Å². The molecule has 0 radical (unpaired) electrons. The van der Waals surface area contributed by atoms with Gasteiger partial charge in [0.05, 0.1) is 11.5 Å². The minimum atomic E-state index is -3.00. The predicted octanol–water partition coefficient (Wildman–Crippen LogP) is 0.600. The average Bonchev–Trinajstić information content (AvgIpc) is 2.90. The molecule has 0 aliphatic carbocycles. The lowest BCUT2D eigenvalue weighted by Crippen LogP contribution is -2.44. The van der Waals surface area contributed by atoms with Crippen LogP contribution in [0.3, 0.4) is 0 Å². The van der Waals surface area contributed by atoms with Gasteiger partial charge >= 0.3 is 0 Å². The van der Waals surface area contributed by atoms with E-state index in [2.05, 4.69) is 10.9 Å². The maximum absolute atomic E-state index is 11.7. The van der Waals surface area contributed by atoms with Gasteiger partial charge in [0.2, 0.25) is 5.91 Å². The first-order valence-electron chi connectivity index (χ1n) is 7.88. The van der Waals surface area contributed by atoms with Crippen LogP contribution in [0, 0.1) is 5.92 Å². The summed E-state index contributed by atoms with van der Waals surface area (Å²) < 4.78 is 28.0. The summed E-state index contributed by atoms with van der Waals surface area (Å²) in [7, 11) is -3.00. The van der Waals surface area contributed by atoms with E-state index in [0.29, 0.717) is 12.2 Å². The highest BCUT2D eigenvalue weighted by atomic mass is 32.2. The van der Waals surface area contributed by atoms with Crippen molar-refractivity contribution < 1.29 is 22.7 Å². The first-order valence-corrected chi connectivity index (χ1v) is 9.70. The van der Waals surface area contributed by atoms with Gasteiger partial charge in [-0.3, -0.25) is 20.4 Å². The summed E-state index contributed by atoms with van der Waals surface area (Å²) in [6.45, 7) is 1.83. The highest BCUT2D eigenvalue weighted by molar-refractivity contribution is 7.91. The highest BCUT2D eigenvalue weighted by Gasteiger charge is 2.29. The molecule has 132 valence electrons. The average molecular weight is 354 g/mol. The lowest BCUT2D eigenvalue weighted by molar-refractivity contribution is -0.130. The third-order valence-electron chi connectivity index (χ3n) is 3.84. The smallest absolute Gasteiger partial charge is 0.276 e. The van der Waals surface area contributed by atoms with Crippen molar-refractivity contribution in [2.75, 3.05) is 18.1 Å². The first kappa shape index (κ1) is 18.3. The van der Waals surface area contributed by atoms with E-state index in [4.69, 9.17) is 4.74 Å². The fourth-order valence-electron chi connectivity index (χ4n) is 2.49. The third kappa shape index (κ3) is 5.84. The van der Waals surface area contributed by atoms with Gasteiger partial charge in [-0.15, -0.1) is 0 Å². The Bertz CT molecular complexity index is 685. The molecular weight excluding hydrogens is 332 g/mol. The number of ether oxygens (including phenoxy) is 1. The molecular formula is C16H22N2O5S. The van der Waals surface area contributed by atoms with Crippen molar-refractivity contribution in [3.05, 3.63) is 29.8 Å². The standard InChI is InChI=1S/C16H22N2O5S/c1-2-12-3-5-14(6-4-12)23-10-16(20)18-17-15(19)9-13-7-8-24(21,22)11-13/h3-6,13H,2,7-11H2,1H3,(H,17,19)(H,18,20)/t13-/m0/s1. The van der Waals surface area contributed by atoms with E-state index < -0.39 is 21.7 Å². The van der Waals surface area contributed by atoms with Gasteiger partial charge in [-0.2, -0.15) is 0 Å². The summed E-state index contributed by atoms with van der Waals surface area (Å²) in [4.78, 5) is 23.3. The molecule has 0 saturated carbocycles. The molecule has 2 N–H and O–H groups in total. The fourth-order valence-corrected chi connectivity index (χ4v) is 4.35. The number of nitrogens with one attached hydrogen (secondary N) is 2. The number of aryl methyl sites for hydroxylation is 1. The Hall–Kier alpha value is -2.09. The lowest BCUT2D eigenvalue weighted by atomic mass is 10.1. The Kier molecular flexibility index (Phi) is 6.19. The number of rotatable bonds is 6. The molecule has 0 unspecified atom stereocenters. The van der Waals surface area contributed by atoms with Crippen LogP contribution in [0.4, 0.5) is 0 Å². The second kappa shape index (κ2) is 8.14. The van der Waals surface area contributed by atoms with Crippen molar-refractivity contribution in [2.24, 2.45) is 5.92 Å². The van der Waals surface area contributed by atoms with E-state index in [0.717, 1.165) is 6.42 Å². The highest BCUT2D eigenvalue weighted by Crippen LogP contribution is 2.21. The summed E-state index contributed by atoms with van der Waals surface area (Å²) in [6.07, 6.45) is 1.49. The van der Waals surface area contributed by atoms with E-state index in [-0.39, 0.29) is 30.5 Å². The maximum atomic E-state index is 11.7. The molecule has 1 aliphatic heterocycles. The van der Waals surface area contributed by atoms with Crippen LogP contribution in [0.15, 0.2) is 24.3 Å². The van der Waals surface area contributed by atoms with Crippen LogP contribution in [-0.4, -0.2) is 38.3 Å². The summed E-state index contributed by atoms with van der Waals surface area (Å²) in [6, 6.07) is 7.41. The summed E-state index contributed by atoms with van der Waals surface area (Å²) in [5, 5.41) is 0. The summed E-state index contributed by atoms with van der Waals surface area (Å²) >= 11 is 0. The molecule has 2 rings (SSSR count). The Labute approximate surface area is 141 Å². The molecule has 0 spiro atoms. The number of carbonyl (C=O) groups is 2. The van der Waals surface area contributed by atoms with Crippen molar-refractivity contribution >= 4 is 21.7 Å². The molecule has 1 atom stereocenters. The van der Waals surface area contributed by atoms with Crippen molar-refractivity contribution in [1.29, 1.82) is 0 Å². The van der Waals surface area contributed by atoms with E-state index in [9.17, 15) is 18.0 Å². The number of benzene rings is 1. The van der Waals surface area contributed by atoms with Crippen molar-refractivity contribution in [3.63, 3.8) is 0 Å². The van der Waals surface area contributed by atoms with Gasteiger partial charge in [0.25, 0.3) is 5.91 Å². The molecule has 1 saturated heterocycles. The van der Waals surface area contributed by atoms with Gasteiger partial charge in [-0.25, -0.2) is 8.42 Å². The molecule has 1 fully saturated rings. The van der Waals surface area contributed by atoms with Gasteiger partial charge in [0, 0.05) is 6.42 Å². The van der Waals surface area contributed by atoms with Crippen LogP contribution in [0.2, 0.25) is 0 Å².